The van der Waals surface area contributed by atoms with Crippen molar-refractivity contribution >= 4 is 5.91 Å². The number of carbonyl (C=O) groups excluding carboxylic acids is 1. The molecule has 3 rings (SSSR count). The Hall–Kier alpha value is -2.10. The molecule has 116 valence electrons. The lowest BCUT2D eigenvalue weighted by atomic mass is 9.98. The van der Waals surface area contributed by atoms with Crippen LogP contribution in [0.15, 0.2) is 30.5 Å². The molecule has 1 unspecified atom stereocenters. The Morgan fingerprint density at radius 3 is 2.86 bits per heavy atom. The number of likely N-dealkylation sites (tertiary alicyclic amines) is 1. The number of aryl methyl sites for hydroxylation is 2. The first-order chi connectivity index (χ1) is 10.5. The minimum Gasteiger partial charge on any atom is -0.365 e. The molecule has 1 atom stereocenters. The van der Waals surface area contributed by atoms with Gasteiger partial charge >= 0.3 is 0 Å². The van der Waals surface area contributed by atoms with E-state index in [1.807, 2.05) is 30.0 Å². The van der Waals surface area contributed by atoms with Gasteiger partial charge in [0.05, 0.1) is 5.56 Å². The maximum atomic E-state index is 13.6. The van der Waals surface area contributed by atoms with Crippen LogP contribution in [0, 0.1) is 25.6 Å². The third-order valence-electron chi connectivity index (χ3n) is 4.52. The van der Waals surface area contributed by atoms with E-state index in [4.69, 9.17) is 0 Å². The van der Waals surface area contributed by atoms with Crippen LogP contribution >= 0.6 is 0 Å². The van der Waals surface area contributed by atoms with Crippen LogP contribution in [-0.4, -0.2) is 28.9 Å². The monoisotopic (exact) mass is 300 g/mol. The van der Waals surface area contributed by atoms with E-state index < -0.39 is 0 Å². The zero-order valence-corrected chi connectivity index (χ0v) is 13.0. The summed E-state index contributed by atoms with van der Waals surface area (Å²) in [6, 6.07) is 7.27. The maximum Gasteiger partial charge on any atom is 0.255 e. The summed E-state index contributed by atoms with van der Waals surface area (Å²) in [5.74, 6) is 0.355. The normalized spacial score (nSPS) is 18.0. The van der Waals surface area contributed by atoms with Gasteiger partial charge in [0, 0.05) is 25.0 Å². The van der Waals surface area contributed by atoms with Gasteiger partial charge in [0.1, 0.15) is 5.82 Å². The molecule has 1 aliphatic heterocycles. The number of carbonyl (C=O) groups is 1. The average molecular weight is 300 g/mol. The van der Waals surface area contributed by atoms with Crippen LogP contribution in [0.5, 0.6) is 0 Å². The van der Waals surface area contributed by atoms with E-state index >= 15 is 0 Å². The molecular weight excluding hydrogens is 279 g/mol. The lowest BCUT2D eigenvalue weighted by Crippen LogP contribution is -2.29. The predicted octanol–water partition coefficient (Wildman–Crippen LogP) is 3.48. The van der Waals surface area contributed by atoms with E-state index in [0.717, 1.165) is 42.8 Å². The van der Waals surface area contributed by atoms with Crippen LogP contribution in [0.3, 0.4) is 0 Å². The zero-order chi connectivity index (χ0) is 15.7. The molecule has 1 aliphatic rings. The van der Waals surface area contributed by atoms with Crippen LogP contribution in [0.25, 0.3) is 0 Å². The summed E-state index contributed by atoms with van der Waals surface area (Å²) in [5.41, 5.74) is 3.35. The van der Waals surface area contributed by atoms with Crippen molar-refractivity contribution in [1.82, 2.24) is 9.88 Å². The lowest BCUT2D eigenvalue weighted by molar-refractivity contribution is 0.0786. The van der Waals surface area contributed by atoms with Crippen molar-refractivity contribution in [2.45, 2.75) is 26.7 Å². The van der Waals surface area contributed by atoms with Crippen LogP contribution in [0.2, 0.25) is 0 Å². The van der Waals surface area contributed by atoms with Gasteiger partial charge < -0.3 is 9.88 Å². The predicted molar refractivity (Wildman–Crippen MR) is 84.4 cm³/mol. The standard InChI is InChI=1S/C18H21FN2O/c1-12-3-4-14(10-17(12)19)9-15-6-8-21(11-15)18(22)16-5-7-20-13(16)2/h3-5,7,10,15,20H,6,8-9,11H2,1-2H3. The molecule has 0 spiro atoms. The molecule has 1 N–H and O–H groups in total. The number of rotatable bonds is 3. The number of nitrogens with zero attached hydrogens (tertiary/aromatic N) is 1. The van der Waals surface area contributed by atoms with Gasteiger partial charge in [-0.2, -0.15) is 0 Å². The fraction of sp³-hybridized carbons (Fsp3) is 0.389. The summed E-state index contributed by atoms with van der Waals surface area (Å²) in [4.78, 5) is 17.4. The molecule has 2 heterocycles. The second kappa shape index (κ2) is 5.95. The quantitative estimate of drug-likeness (QED) is 0.925. The fourth-order valence-corrected chi connectivity index (χ4v) is 3.14. The van der Waals surface area contributed by atoms with Gasteiger partial charge in [-0.1, -0.05) is 12.1 Å². The van der Waals surface area contributed by atoms with Crippen molar-refractivity contribution in [1.29, 1.82) is 0 Å². The van der Waals surface area contributed by atoms with Crippen LogP contribution < -0.4 is 0 Å². The molecule has 0 radical (unpaired) electrons. The molecule has 1 saturated heterocycles. The van der Waals surface area contributed by atoms with Crippen molar-refractivity contribution in [2.75, 3.05) is 13.1 Å². The molecule has 0 aliphatic carbocycles. The molecule has 22 heavy (non-hydrogen) atoms. The van der Waals surface area contributed by atoms with E-state index in [-0.39, 0.29) is 11.7 Å². The molecule has 4 heteroatoms. The molecule has 0 bridgehead atoms. The van der Waals surface area contributed by atoms with Crippen molar-refractivity contribution in [3.63, 3.8) is 0 Å². The second-order valence-corrected chi connectivity index (χ2v) is 6.21. The number of hydrogen-bond donors (Lipinski definition) is 1. The molecule has 0 saturated carbocycles. The molecule has 3 nitrogen and oxygen atoms in total. The SMILES string of the molecule is Cc1ccc(CC2CCN(C(=O)c3cc[nH]c3C)C2)cc1F. The summed E-state index contributed by atoms with van der Waals surface area (Å²) in [6.45, 7) is 5.21. The first kappa shape index (κ1) is 14.8. The first-order valence-corrected chi connectivity index (χ1v) is 7.73. The van der Waals surface area contributed by atoms with Gasteiger partial charge in [-0.25, -0.2) is 4.39 Å². The van der Waals surface area contributed by atoms with E-state index in [1.54, 1.807) is 19.2 Å². The Bertz CT molecular complexity index is 692. The molecular formula is C18H21FN2O. The van der Waals surface area contributed by atoms with Crippen LogP contribution in [-0.2, 0) is 6.42 Å². The van der Waals surface area contributed by atoms with Crippen molar-refractivity contribution in [3.05, 3.63) is 58.7 Å². The van der Waals surface area contributed by atoms with Gasteiger partial charge in [-0.3, -0.25) is 4.79 Å². The minimum atomic E-state index is -0.147. The van der Waals surface area contributed by atoms with E-state index in [0.29, 0.717) is 11.5 Å². The van der Waals surface area contributed by atoms with Gasteiger partial charge in [-0.05, 0) is 55.9 Å². The topological polar surface area (TPSA) is 36.1 Å². The number of amides is 1. The Kier molecular flexibility index (Phi) is 4.01. The number of hydrogen-bond acceptors (Lipinski definition) is 1. The number of aromatic nitrogens is 1. The molecule has 1 fully saturated rings. The summed E-state index contributed by atoms with van der Waals surface area (Å²) in [5, 5.41) is 0. The van der Waals surface area contributed by atoms with Gasteiger partial charge in [0.25, 0.3) is 5.91 Å². The summed E-state index contributed by atoms with van der Waals surface area (Å²) >= 11 is 0. The third kappa shape index (κ3) is 2.91. The Morgan fingerprint density at radius 1 is 1.36 bits per heavy atom. The van der Waals surface area contributed by atoms with Crippen molar-refractivity contribution in [2.24, 2.45) is 5.92 Å². The highest BCUT2D eigenvalue weighted by Gasteiger charge is 2.28. The molecule has 1 amide bonds. The van der Waals surface area contributed by atoms with Crippen molar-refractivity contribution < 1.29 is 9.18 Å². The average Bonchev–Trinajstić information content (AvgIpc) is 3.11. The summed E-state index contributed by atoms with van der Waals surface area (Å²) < 4.78 is 13.6. The Balaban J connectivity index is 1.64. The largest absolute Gasteiger partial charge is 0.365 e. The van der Waals surface area contributed by atoms with Gasteiger partial charge in [-0.15, -0.1) is 0 Å². The van der Waals surface area contributed by atoms with E-state index in [9.17, 15) is 9.18 Å². The number of aromatic amines is 1. The minimum absolute atomic E-state index is 0.0938. The van der Waals surface area contributed by atoms with E-state index in [2.05, 4.69) is 4.98 Å². The second-order valence-electron chi connectivity index (χ2n) is 6.21. The number of halogens is 1. The van der Waals surface area contributed by atoms with Gasteiger partial charge in [0.15, 0.2) is 0 Å². The molecule has 2 aromatic rings. The highest BCUT2D eigenvalue weighted by Crippen LogP contribution is 2.24. The first-order valence-electron chi connectivity index (χ1n) is 7.73. The lowest BCUT2D eigenvalue weighted by Gasteiger charge is -2.16. The summed E-state index contributed by atoms with van der Waals surface area (Å²) in [6.07, 6.45) is 3.60. The maximum absolute atomic E-state index is 13.6. The summed E-state index contributed by atoms with van der Waals surface area (Å²) in [7, 11) is 0. The van der Waals surface area contributed by atoms with Crippen molar-refractivity contribution in [3.8, 4) is 0 Å². The number of benzene rings is 1. The van der Waals surface area contributed by atoms with Crippen LogP contribution in [0.1, 0.15) is 33.6 Å². The Morgan fingerprint density at radius 2 is 2.18 bits per heavy atom. The highest BCUT2D eigenvalue weighted by molar-refractivity contribution is 5.95. The number of nitrogens with one attached hydrogen (secondary N) is 1. The van der Waals surface area contributed by atoms with Crippen LogP contribution in [0.4, 0.5) is 4.39 Å². The molecule has 1 aromatic carbocycles. The number of H-pyrrole nitrogens is 1. The highest BCUT2D eigenvalue weighted by atomic mass is 19.1. The molecule has 1 aromatic heterocycles. The zero-order valence-electron chi connectivity index (χ0n) is 13.0. The third-order valence-corrected chi connectivity index (χ3v) is 4.52. The van der Waals surface area contributed by atoms with E-state index in [1.165, 1.54) is 0 Å². The smallest absolute Gasteiger partial charge is 0.255 e. The Labute approximate surface area is 130 Å². The fourth-order valence-electron chi connectivity index (χ4n) is 3.14. The van der Waals surface area contributed by atoms with Gasteiger partial charge in [0.2, 0.25) is 0 Å².